The minimum absolute atomic E-state index is 0.0471. The summed E-state index contributed by atoms with van der Waals surface area (Å²) in [4.78, 5) is 16.8. The molecule has 0 radical (unpaired) electrons. The van der Waals surface area contributed by atoms with Gasteiger partial charge in [0, 0.05) is 5.56 Å². The molecule has 0 bridgehead atoms. The van der Waals surface area contributed by atoms with Crippen molar-refractivity contribution in [2.75, 3.05) is 5.32 Å². The van der Waals surface area contributed by atoms with Crippen molar-refractivity contribution in [1.29, 1.82) is 0 Å². The Balaban J connectivity index is 1.71. The van der Waals surface area contributed by atoms with Crippen LogP contribution in [0.1, 0.15) is 35.7 Å². The number of nitrogens with zero attached hydrogens (tertiary/aromatic N) is 1. The lowest BCUT2D eigenvalue weighted by Gasteiger charge is -2.11. The molecule has 3 aromatic carbocycles. The van der Waals surface area contributed by atoms with Gasteiger partial charge in [-0.25, -0.2) is 26.9 Å². The maximum absolute atomic E-state index is 14.0. The van der Waals surface area contributed by atoms with Crippen molar-refractivity contribution < 1.29 is 31.2 Å². The van der Waals surface area contributed by atoms with Gasteiger partial charge in [-0.1, -0.05) is 31.5 Å². The van der Waals surface area contributed by atoms with E-state index in [0.717, 1.165) is 5.56 Å². The standard InChI is InChI=1S/C23H14ClF5N2O2/c1-9(2)10-4-6-15-14(7-10)31-23(33-15)11-3-5-12(24)13(8-11)30-22(32)16-17(25)19(27)21(29)20(28)18(16)26/h3-9H,1-2H3,(H,30,32). The molecule has 170 valence electrons. The number of amides is 1. The summed E-state index contributed by atoms with van der Waals surface area (Å²) in [5, 5.41) is 2.03. The Morgan fingerprint density at radius 2 is 1.58 bits per heavy atom. The van der Waals surface area contributed by atoms with Gasteiger partial charge in [-0.05, 0) is 41.8 Å². The van der Waals surface area contributed by atoms with Crippen molar-refractivity contribution in [1.82, 2.24) is 4.98 Å². The van der Waals surface area contributed by atoms with E-state index in [1.807, 2.05) is 26.0 Å². The zero-order valence-corrected chi connectivity index (χ0v) is 17.8. The molecular weight excluding hydrogens is 467 g/mol. The molecule has 1 aromatic heterocycles. The van der Waals surface area contributed by atoms with Crippen LogP contribution in [0.5, 0.6) is 0 Å². The second-order valence-corrected chi connectivity index (χ2v) is 7.90. The number of rotatable bonds is 4. The first-order valence-electron chi connectivity index (χ1n) is 9.61. The Hall–Kier alpha value is -3.46. The van der Waals surface area contributed by atoms with E-state index < -0.39 is 40.6 Å². The normalized spacial score (nSPS) is 11.4. The molecule has 1 amide bonds. The van der Waals surface area contributed by atoms with E-state index in [9.17, 15) is 26.7 Å². The first-order valence-corrected chi connectivity index (χ1v) is 9.99. The van der Waals surface area contributed by atoms with E-state index in [1.165, 1.54) is 18.2 Å². The second-order valence-electron chi connectivity index (χ2n) is 7.49. The van der Waals surface area contributed by atoms with Crippen molar-refractivity contribution >= 4 is 34.3 Å². The summed E-state index contributed by atoms with van der Waals surface area (Å²) in [6, 6.07) is 9.74. The molecule has 0 saturated heterocycles. The van der Waals surface area contributed by atoms with Crippen molar-refractivity contribution in [2.45, 2.75) is 19.8 Å². The molecule has 0 atom stereocenters. The third kappa shape index (κ3) is 4.04. The van der Waals surface area contributed by atoms with Crippen LogP contribution in [0.4, 0.5) is 27.6 Å². The van der Waals surface area contributed by atoms with E-state index in [2.05, 4.69) is 10.3 Å². The number of halogens is 6. The topological polar surface area (TPSA) is 55.1 Å². The molecule has 1 heterocycles. The van der Waals surface area contributed by atoms with E-state index in [1.54, 1.807) is 6.07 Å². The van der Waals surface area contributed by atoms with Crippen molar-refractivity contribution in [3.63, 3.8) is 0 Å². The lowest BCUT2D eigenvalue weighted by molar-refractivity contribution is 0.101. The molecule has 10 heteroatoms. The molecule has 4 rings (SSSR count). The molecule has 0 aliphatic rings. The molecule has 4 aromatic rings. The lowest BCUT2D eigenvalue weighted by atomic mass is 10.0. The molecule has 4 nitrogen and oxygen atoms in total. The third-order valence-corrected chi connectivity index (χ3v) is 5.31. The lowest BCUT2D eigenvalue weighted by Crippen LogP contribution is -2.19. The van der Waals surface area contributed by atoms with Gasteiger partial charge in [0.25, 0.3) is 5.91 Å². The molecule has 1 N–H and O–H groups in total. The number of hydrogen-bond acceptors (Lipinski definition) is 3. The smallest absolute Gasteiger partial charge is 0.261 e. The molecule has 0 unspecified atom stereocenters. The predicted octanol–water partition coefficient (Wildman–Crippen LogP) is 7.22. The summed E-state index contributed by atoms with van der Waals surface area (Å²) >= 11 is 6.06. The van der Waals surface area contributed by atoms with Crippen LogP contribution in [0.3, 0.4) is 0 Å². The number of nitrogens with one attached hydrogen (secondary N) is 1. The van der Waals surface area contributed by atoms with Gasteiger partial charge >= 0.3 is 0 Å². The Morgan fingerprint density at radius 1 is 0.939 bits per heavy atom. The van der Waals surface area contributed by atoms with Crippen LogP contribution in [0.2, 0.25) is 5.02 Å². The minimum Gasteiger partial charge on any atom is -0.436 e. The highest BCUT2D eigenvalue weighted by Crippen LogP contribution is 2.32. The number of carbonyl (C=O) groups is 1. The van der Waals surface area contributed by atoms with Gasteiger partial charge in [0.2, 0.25) is 11.7 Å². The highest BCUT2D eigenvalue weighted by atomic mass is 35.5. The van der Waals surface area contributed by atoms with E-state index >= 15 is 0 Å². The summed E-state index contributed by atoms with van der Waals surface area (Å²) in [5.41, 5.74) is 0.738. The number of carbonyl (C=O) groups excluding carboxylic acids is 1. The van der Waals surface area contributed by atoms with Crippen LogP contribution in [0, 0.1) is 29.1 Å². The number of fused-ring (bicyclic) bond motifs is 1. The van der Waals surface area contributed by atoms with Crippen molar-refractivity contribution in [3.8, 4) is 11.5 Å². The summed E-state index contributed by atoms with van der Waals surface area (Å²) in [7, 11) is 0. The van der Waals surface area contributed by atoms with E-state index in [0.29, 0.717) is 16.7 Å². The molecule has 0 fully saturated rings. The third-order valence-electron chi connectivity index (χ3n) is 4.98. The summed E-state index contributed by atoms with van der Waals surface area (Å²) in [6.45, 7) is 4.06. The Labute approximate surface area is 189 Å². The zero-order chi connectivity index (χ0) is 24.0. The summed E-state index contributed by atoms with van der Waals surface area (Å²) in [6.07, 6.45) is 0. The maximum Gasteiger partial charge on any atom is 0.261 e. The number of anilines is 1. The maximum atomic E-state index is 14.0. The number of oxazole rings is 1. The van der Waals surface area contributed by atoms with E-state index in [-0.39, 0.29) is 22.5 Å². The minimum atomic E-state index is -2.36. The number of hydrogen-bond donors (Lipinski definition) is 1. The van der Waals surface area contributed by atoms with Crippen LogP contribution in [0.15, 0.2) is 40.8 Å². The Morgan fingerprint density at radius 3 is 2.21 bits per heavy atom. The quantitative estimate of drug-likeness (QED) is 0.190. The SMILES string of the molecule is CC(C)c1ccc2oc(-c3ccc(Cl)c(NC(=O)c4c(F)c(F)c(F)c(F)c4F)c3)nc2c1. The fraction of sp³-hybridized carbons (Fsp3) is 0.130. The van der Waals surface area contributed by atoms with Gasteiger partial charge in [0.05, 0.1) is 10.7 Å². The Bertz CT molecular complexity index is 1390. The molecule has 33 heavy (non-hydrogen) atoms. The summed E-state index contributed by atoms with van der Waals surface area (Å²) < 4.78 is 73.8. The van der Waals surface area contributed by atoms with Crippen molar-refractivity contribution in [2.24, 2.45) is 0 Å². The van der Waals surface area contributed by atoms with Crippen LogP contribution < -0.4 is 5.32 Å². The monoisotopic (exact) mass is 480 g/mol. The van der Waals surface area contributed by atoms with Gasteiger partial charge in [-0.15, -0.1) is 0 Å². The predicted molar refractivity (Wildman–Crippen MR) is 113 cm³/mol. The van der Waals surface area contributed by atoms with Crippen molar-refractivity contribution in [3.05, 3.63) is 81.6 Å². The highest BCUT2D eigenvalue weighted by Gasteiger charge is 2.30. The Kier molecular flexibility index (Phi) is 5.84. The largest absolute Gasteiger partial charge is 0.436 e. The fourth-order valence-electron chi connectivity index (χ4n) is 3.17. The first-order chi connectivity index (χ1) is 15.6. The van der Waals surface area contributed by atoms with Crippen LogP contribution in [-0.4, -0.2) is 10.9 Å². The molecule has 0 saturated carbocycles. The van der Waals surface area contributed by atoms with Gasteiger partial charge < -0.3 is 9.73 Å². The van der Waals surface area contributed by atoms with Gasteiger partial charge in [0.15, 0.2) is 28.9 Å². The molecule has 0 aliphatic carbocycles. The number of benzene rings is 3. The van der Waals surface area contributed by atoms with E-state index in [4.69, 9.17) is 16.0 Å². The zero-order valence-electron chi connectivity index (χ0n) is 17.1. The van der Waals surface area contributed by atoms with Gasteiger partial charge in [-0.2, -0.15) is 0 Å². The highest BCUT2D eigenvalue weighted by molar-refractivity contribution is 6.34. The van der Waals surface area contributed by atoms with Crippen LogP contribution >= 0.6 is 11.6 Å². The van der Waals surface area contributed by atoms with Gasteiger partial charge in [-0.3, -0.25) is 4.79 Å². The summed E-state index contributed by atoms with van der Waals surface area (Å²) in [5.74, 6) is -12.5. The van der Waals surface area contributed by atoms with Crippen LogP contribution in [0.25, 0.3) is 22.6 Å². The molecular formula is C23H14ClF5N2O2. The molecule has 0 aliphatic heterocycles. The van der Waals surface area contributed by atoms with Gasteiger partial charge in [0.1, 0.15) is 11.1 Å². The first kappa shape index (κ1) is 22.7. The average Bonchev–Trinajstić information content (AvgIpc) is 3.21. The molecule has 0 spiro atoms. The number of aromatic nitrogens is 1. The second kappa shape index (κ2) is 8.47. The van der Waals surface area contributed by atoms with Crippen LogP contribution in [-0.2, 0) is 0 Å². The average molecular weight is 481 g/mol. The fourth-order valence-corrected chi connectivity index (χ4v) is 3.34.